The van der Waals surface area contributed by atoms with Crippen LogP contribution >= 0.6 is 11.3 Å². The zero-order valence-corrected chi connectivity index (χ0v) is 18.2. The van der Waals surface area contributed by atoms with Crippen molar-refractivity contribution in [2.75, 3.05) is 18.5 Å². The number of sulfonamides is 1. The van der Waals surface area contributed by atoms with Crippen molar-refractivity contribution in [2.24, 2.45) is 0 Å². The van der Waals surface area contributed by atoms with Crippen LogP contribution < -0.4 is 9.04 Å². The van der Waals surface area contributed by atoms with Crippen LogP contribution in [0.2, 0.25) is 0 Å². The molecular formula is C21H19N3O4S2. The van der Waals surface area contributed by atoms with Gasteiger partial charge in [0.15, 0.2) is 0 Å². The number of hydrogen-bond acceptors (Lipinski definition) is 7. The first-order valence-electron chi connectivity index (χ1n) is 9.02. The van der Waals surface area contributed by atoms with Crippen LogP contribution in [0.25, 0.3) is 22.2 Å². The van der Waals surface area contributed by atoms with Gasteiger partial charge in [-0.3, -0.25) is 4.31 Å². The first-order chi connectivity index (χ1) is 14.4. The molecule has 2 aromatic heterocycles. The summed E-state index contributed by atoms with van der Waals surface area (Å²) in [6, 6.07) is 16.0. The minimum atomic E-state index is -3.84. The smallest absolute Gasteiger partial charge is 0.269 e. The zero-order valence-electron chi connectivity index (χ0n) is 16.6. The van der Waals surface area contributed by atoms with Gasteiger partial charge in [-0.2, -0.15) is 4.98 Å². The van der Waals surface area contributed by atoms with Gasteiger partial charge in [0.1, 0.15) is 15.5 Å². The predicted octanol–water partition coefficient (Wildman–Crippen LogP) is 4.61. The number of rotatable bonds is 6. The lowest BCUT2D eigenvalue weighted by atomic mass is 10.1. The van der Waals surface area contributed by atoms with E-state index in [2.05, 4.69) is 10.1 Å². The van der Waals surface area contributed by atoms with Crippen molar-refractivity contribution in [1.29, 1.82) is 0 Å². The summed E-state index contributed by atoms with van der Waals surface area (Å²) >= 11 is 1.24. The SMILES string of the molecule is COc1ccc(N(C)S(=O)(=O)c2ccsc2-c2nc(-c3ccccc3C)no2)cc1. The van der Waals surface area contributed by atoms with Gasteiger partial charge in [-0.25, -0.2) is 8.42 Å². The molecule has 9 heteroatoms. The van der Waals surface area contributed by atoms with E-state index >= 15 is 0 Å². The number of benzene rings is 2. The Morgan fingerprint density at radius 2 is 1.80 bits per heavy atom. The molecule has 154 valence electrons. The molecule has 0 spiro atoms. The molecule has 0 atom stereocenters. The van der Waals surface area contributed by atoms with Crippen molar-refractivity contribution < 1.29 is 17.7 Å². The molecule has 0 saturated carbocycles. The van der Waals surface area contributed by atoms with Crippen LogP contribution in [0.3, 0.4) is 0 Å². The lowest BCUT2D eigenvalue weighted by Crippen LogP contribution is -2.26. The van der Waals surface area contributed by atoms with Crippen LogP contribution in [-0.2, 0) is 10.0 Å². The molecule has 0 amide bonds. The topological polar surface area (TPSA) is 85.5 Å². The Morgan fingerprint density at radius 3 is 2.50 bits per heavy atom. The Kier molecular flexibility index (Phi) is 5.31. The highest BCUT2D eigenvalue weighted by Gasteiger charge is 2.28. The summed E-state index contributed by atoms with van der Waals surface area (Å²) in [6.45, 7) is 1.95. The molecule has 0 saturated heterocycles. The van der Waals surface area contributed by atoms with E-state index < -0.39 is 10.0 Å². The molecule has 0 radical (unpaired) electrons. The van der Waals surface area contributed by atoms with Crippen molar-refractivity contribution in [3.8, 4) is 27.9 Å². The van der Waals surface area contributed by atoms with Crippen LogP contribution in [0, 0.1) is 6.92 Å². The molecule has 2 aromatic carbocycles. The Labute approximate surface area is 178 Å². The number of ether oxygens (including phenoxy) is 1. The van der Waals surface area contributed by atoms with E-state index in [4.69, 9.17) is 9.26 Å². The van der Waals surface area contributed by atoms with E-state index in [1.165, 1.54) is 22.7 Å². The lowest BCUT2D eigenvalue weighted by molar-refractivity contribution is 0.415. The summed E-state index contributed by atoms with van der Waals surface area (Å²) < 4.78 is 38.3. The molecule has 0 aliphatic carbocycles. The van der Waals surface area contributed by atoms with E-state index in [9.17, 15) is 8.42 Å². The largest absolute Gasteiger partial charge is 0.497 e. The van der Waals surface area contributed by atoms with E-state index in [1.54, 1.807) is 42.8 Å². The first-order valence-corrected chi connectivity index (χ1v) is 11.3. The fourth-order valence-corrected chi connectivity index (χ4v) is 5.49. The fourth-order valence-electron chi connectivity index (χ4n) is 2.98. The average molecular weight is 442 g/mol. The molecule has 0 N–H and O–H groups in total. The molecule has 30 heavy (non-hydrogen) atoms. The van der Waals surface area contributed by atoms with Gasteiger partial charge in [0.25, 0.3) is 15.9 Å². The fraction of sp³-hybridized carbons (Fsp3) is 0.143. The second kappa shape index (κ2) is 7.92. The van der Waals surface area contributed by atoms with Gasteiger partial charge in [0.2, 0.25) is 5.82 Å². The van der Waals surface area contributed by atoms with Crippen LogP contribution in [0.4, 0.5) is 5.69 Å². The Hall–Kier alpha value is -3.17. The van der Waals surface area contributed by atoms with Gasteiger partial charge in [-0.15, -0.1) is 11.3 Å². The van der Waals surface area contributed by atoms with E-state index in [-0.39, 0.29) is 10.8 Å². The third-order valence-corrected chi connectivity index (χ3v) is 7.57. The standard InChI is InChI=1S/C21H19N3O4S2/c1-14-6-4-5-7-17(14)20-22-21(28-23-20)19-18(12-13-29-19)30(25,26)24(2)15-8-10-16(27-3)11-9-15/h4-13H,1-3H3. The summed E-state index contributed by atoms with van der Waals surface area (Å²) in [6.07, 6.45) is 0. The summed E-state index contributed by atoms with van der Waals surface area (Å²) in [5, 5.41) is 5.74. The quantitative estimate of drug-likeness (QED) is 0.434. The molecule has 0 fully saturated rings. The molecule has 4 rings (SSSR count). The molecule has 7 nitrogen and oxygen atoms in total. The molecule has 0 aliphatic rings. The van der Waals surface area contributed by atoms with E-state index in [0.29, 0.717) is 22.1 Å². The highest BCUT2D eigenvalue weighted by molar-refractivity contribution is 7.93. The number of methoxy groups -OCH3 is 1. The summed E-state index contributed by atoms with van der Waals surface area (Å²) in [5.41, 5.74) is 2.35. The maximum Gasteiger partial charge on any atom is 0.269 e. The van der Waals surface area contributed by atoms with Crippen molar-refractivity contribution >= 4 is 27.0 Å². The van der Waals surface area contributed by atoms with Gasteiger partial charge in [-0.1, -0.05) is 29.4 Å². The van der Waals surface area contributed by atoms with Gasteiger partial charge in [0.05, 0.1) is 12.8 Å². The van der Waals surface area contributed by atoms with Gasteiger partial charge < -0.3 is 9.26 Å². The molecular weight excluding hydrogens is 422 g/mol. The highest BCUT2D eigenvalue weighted by Crippen LogP contribution is 2.36. The minimum Gasteiger partial charge on any atom is -0.497 e. The van der Waals surface area contributed by atoms with E-state index in [1.807, 2.05) is 31.2 Å². The maximum absolute atomic E-state index is 13.3. The van der Waals surface area contributed by atoms with Crippen molar-refractivity contribution in [1.82, 2.24) is 10.1 Å². The van der Waals surface area contributed by atoms with Gasteiger partial charge in [0, 0.05) is 12.6 Å². The van der Waals surface area contributed by atoms with Crippen LogP contribution in [0.1, 0.15) is 5.56 Å². The molecule has 4 aromatic rings. The molecule has 0 unspecified atom stereocenters. The number of hydrogen-bond donors (Lipinski definition) is 0. The number of nitrogens with zero attached hydrogens (tertiary/aromatic N) is 3. The zero-order chi connectivity index (χ0) is 21.3. The Balaban J connectivity index is 1.70. The number of anilines is 1. The number of aryl methyl sites for hydroxylation is 1. The predicted molar refractivity (Wildman–Crippen MR) is 116 cm³/mol. The van der Waals surface area contributed by atoms with Crippen LogP contribution in [0.5, 0.6) is 5.75 Å². The molecule has 2 heterocycles. The second-order valence-electron chi connectivity index (χ2n) is 6.52. The summed E-state index contributed by atoms with van der Waals surface area (Å²) in [5.74, 6) is 1.24. The minimum absolute atomic E-state index is 0.116. The van der Waals surface area contributed by atoms with Crippen LogP contribution in [-0.4, -0.2) is 32.7 Å². The monoisotopic (exact) mass is 441 g/mol. The summed E-state index contributed by atoms with van der Waals surface area (Å²) in [4.78, 5) is 4.97. The number of thiophene rings is 1. The third-order valence-electron chi connectivity index (χ3n) is 4.71. The normalized spacial score (nSPS) is 11.4. The lowest BCUT2D eigenvalue weighted by Gasteiger charge is -2.19. The third kappa shape index (κ3) is 3.57. The van der Waals surface area contributed by atoms with Crippen molar-refractivity contribution in [3.63, 3.8) is 0 Å². The van der Waals surface area contributed by atoms with Crippen LogP contribution in [0.15, 0.2) is 69.4 Å². The highest BCUT2D eigenvalue weighted by atomic mass is 32.2. The van der Waals surface area contributed by atoms with E-state index in [0.717, 1.165) is 11.1 Å². The average Bonchev–Trinajstić information content (AvgIpc) is 3.43. The Morgan fingerprint density at radius 1 is 1.07 bits per heavy atom. The van der Waals surface area contributed by atoms with Crippen molar-refractivity contribution in [2.45, 2.75) is 11.8 Å². The van der Waals surface area contributed by atoms with Gasteiger partial charge in [-0.05, 0) is 48.2 Å². The van der Waals surface area contributed by atoms with Gasteiger partial charge >= 0.3 is 0 Å². The van der Waals surface area contributed by atoms with Crippen molar-refractivity contribution in [3.05, 3.63) is 65.5 Å². The second-order valence-corrected chi connectivity index (χ2v) is 9.38. The number of aromatic nitrogens is 2. The molecule has 0 aliphatic heterocycles. The summed E-state index contributed by atoms with van der Waals surface area (Å²) in [7, 11) is -0.772. The molecule has 0 bridgehead atoms. The Bertz CT molecular complexity index is 1280. The maximum atomic E-state index is 13.3. The first kappa shape index (κ1) is 20.1.